The number of fused-ring (bicyclic) bond motifs is 20. The molecule has 16 aliphatic rings. The molecule has 0 heterocycles. The van der Waals surface area contributed by atoms with Crippen molar-refractivity contribution in [1.29, 1.82) is 0 Å². The van der Waals surface area contributed by atoms with E-state index in [1.807, 2.05) is 24.3 Å². The van der Waals surface area contributed by atoms with Gasteiger partial charge in [0.15, 0.2) is 40.5 Å². The van der Waals surface area contributed by atoms with E-state index < -0.39 is 40.0 Å². The van der Waals surface area contributed by atoms with E-state index in [2.05, 4.69) is 75.0 Å². The fraction of sp³-hybridized carbons (Fsp3) is 0.764. The summed E-state index contributed by atoms with van der Waals surface area (Å²) in [6.07, 6.45) is 36.3. The SMILES string of the molecule is C.C.C=C1CC2C(CC[C@@]3(C)C2CC[C@]3(O)C(C)=O)[C@@]2(C)CCC(=O)C=C12.CC(=O)[C@@]1(C=O)CCC2C3C=C(C)C4=CC(=O)CC[C@]4(C)C3CC[C@@]21C.CC(=O)[C@@]1(O)CCC2C3CCC4=CC(=O)CC[C@]4(C)C3CC[C@@]21C.C[C@]12CCC(=O)C=C1CCC1C2CC[C@@]2(C)C1CC[C@]2(O)C(=O)CO. The highest BCUT2D eigenvalue weighted by Gasteiger charge is 2.71. The fourth-order valence-electron chi connectivity index (χ4n) is 28.8. The van der Waals surface area contributed by atoms with Crippen LogP contribution in [0.1, 0.15) is 284 Å². The molecule has 102 heavy (non-hydrogen) atoms. The Morgan fingerprint density at radius 2 is 0.794 bits per heavy atom. The second-order valence-electron chi connectivity index (χ2n) is 38.0. The fourth-order valence-corrected chi connectivity index (χ4v) is 28.8. The maximum absolute atomic E-state index is 12.5. The van der Waals surface area contributed by atoms with Crippen LogP contribution in [0.4, 0.5) is 0 Å². The van der Waals surface area contributed by atoms with Crippen molar-refractivity contribution in [2.45, 2.75) is 301 Å². The lowest BCUT2D eigenvalue weighted by molar-refractivity contribution is -0.164. The second kappa shape index (κ2) is 26.6. The minimum absolute atomic E-state index is 0. The van der Waals surface area contributed by atoms with Crippen LogP contribution < -0.4 is 0 Å². The lowest BCUT2D eigenvalue weighted by Gasteiger charge is -2.59. The van der Waals surface area contributed by atoms with Gasteiger partial charge in [-0.2, -0.15) is 0 Å². The van der Waals surface area contributed by atoms with E-state index in [-0.39, 0.29) is 87.5 Å². The van der Waals surface area contributed by atoms with Crippen LogP contribution in [0.2, 0.25) is 0 Å². The molecule has 13 nitrogen and oxygen atoms in total. The molecule has 0 aromatic carbocycles. The summed E-state index contributed by atoms with van der Waals surface area (Å²) in [7, 11) is 0. The summed E-state index contributed by atoms with van der Waals surface area (Å²) in [6.45, 7) is 28.6. The van der Waals surface area contributed by atoms with Gasteiger partial charge in [0.1, 0.15) is 35.5 Å². The Kier molecular flexibility index (Phi) is 20.5. The quantitative estimate of drug-likeness (QED) is 0.143. The van der Waals surface area contributed by atoms with Crippen LogP contribution in [-0.4, -0.2) is 96.4 Å². The maximum atomic E-state index is 12.5. The number of aldehydes is 1. The standard InChI is InChI=1S/C23H30O3.C22H30O3.C21H30O4.C21H30O3.2CH4/c1-14-11-17-18(21(3)8-5-16(26)12-20(14)21)6-9-22(4)19(17)7-10-23(22,13-24)15(2)25;1-13-11-16-17(20(3)8-5-15(24)12-19(13)20)6-9-21(4)18(16)7-10-22(21,25)14(2)23;1-19-8-5-14(23)11-13(19)3-4-15-16(19)6-9-20(2)17(15)7-10-21(20,25)18(24)12-22;1-13(22)21(24)11-8-18-16-5-4-14-12-15(23)6-9-19(14,2)17(16)7-10-20(18,21)3;;/h11-13,17-19H,5-10H2,1-4H3;12,16-18,25H,1,5-11H2,2-4H3;11,15-17,22,25H,3-10,12H2,1-2H3;12,16-18,24H,4-11H2,1-3H3;2*1H4/t17?,18?,19?,21-,22+,23+;16?,17?,18?,20-,21+,22+;15?,16?,17?,19-,20-,21-;16?,17?,18?,19-,20-,21-;;/m1100../s1. The Balaban J connectivity index is 0.000000136. The van der Waals surface area contributed by atoms with E-state index in [0.717, 1.165) is 147 Å². The molecular formula is C89H128O13. The molecule has 562 valence electrons. The van der Waals surface area contributed by atoms with Gasteiger partial charge >= 0.3 is 0 Å². The number of carbonyl (C=O) groups excluding carboxylic acids is 9. The molecule has 0 amide bonds. The third kappa shape index (κ3) is 10.9. The van der Waals surface area contributed by atoms with E-state index in [1.165, 1.54) is 27.9 Å². The second-order valence-corrected chi connectivity index (χ2v) is 38.0. The number of allylic oxidation sites excluding steroid dienone is 8. The number of Topliss-reactive ketones (excluding diaryl/α,β-unsaturated/α-hetero) is 4. The van der Waals surface area contributed by atoms with Crippen molar-refractivity contribution in [3.8, 4) is 0 Å². The summed E-state index contributed by atoms with van der Waals surface area (Å²) in [6, 6.07) is 0. The van der Waals surface area contributed by atoms with Gasteiger partial charge in [-0.15, -0.1) is 0 Å². The van der Waals surface area contributed by atoms with E-state index in [9.17, 15) is 63.6 Å². The zero-order chi connectivity index (χ0) is 72.5. The highest BCUT2D eigenvalue weighted by molar-refractivity contribution is 5.99. The van der Waals surface area contributed by atoms with E-state index in [0.29, 0.717) is 128 Å². The normalized spacial score (nSPS) is 48.0. The Morgan fingerprint density at radius 1 is 0.431 bits per heavy atom. The summed E-state index contributed by atoms with van der Waals surface area (Å²) in [5.41, 5.74) is 2.17. The lowest BCUT2D eigenvalue weighted by Crippen LogP contribution is -2.58. The zero-order valence-corrected chi connectivity index (χ0v) is 62.8. The first kappa shape index (κ1) is 78.4. The number of carbonyl (C=O) groups is 9. The van der Waals surface area contributed by atoms with Crippen molar-refractivity contribution >= 4 is 52.6 Å². The Bertz CT molecular complexity index is 3690. The van der Waals surface area contributed by atoms with Crippen molar-refractivity contribution in [2.75, 3.05) is 6.61 Å². The highest BCUT2D eigenvalue weighted by atomic mass is 16.3. The molecule has 0 aliphatic heterocycles. The Hall–Kier alpha value is -4.69. The van der Waals surface area contributed by atoms with E-state index in [1.54, 1.807) is 20.8 Å². The average molecular weight is 1410 g/mol. The number of hydrogen-bond acceptors (Lipinski definition) is 13. The van der Waals surface area contributed by atoms with Crippen molar-refractivity contribution in [1.82, 2.24) is 0 Å². The predicted octanol–water partition coefficient (Wildman–Crippen LogP) is 16.4. The van der Waals surface area contributed by atoms with Crippen LogP contribution >= 0.6 is 0 Å². The van der Waals surface area contributed by atoms with Crippen molar-refractivity contribution < 1.29 is 63.6 Å². The smallest absolute Gasteiger partial charge is 0.190 e. The molecule has 16 aliphatic carbocycles. The molecule has 0 aromatic heterocycles. The van der Waals surface area contributed by atoms with Crippen molar-refractivity contribution in [3.63, 3.8) is 0 Å². The van der Waals surface area contributed by atoms with Crippen molar-refractivity contribution in [3.05, 3.63) is 70.4 Å². The molecule has 0 aromatic rings. The largest absolute Gasteiger partial charge is 0.388 e. The summed E-state index contributed by atoms with van der Waals surface area (Å²) in [5.74, 6) is 6.29. The van der Waals surface area contributed by atoms with Gasteiger partial charge in [0.2, 0.25) is 0 Å². The number of ketones is 8. The van der Waals surface area contributed by atoms with Gasteiger partial charge in [0.05, 0.1) is 5.41 Å². The molecule has 0 saturated heterocycles. The molecule has 13 heteroatoms. The topological polar surface area (TPSA) is 235 Å². The van der Waals surface area contributed by atoms with Crippen LogP contribution in [-0.2, 0) is 43.2 Å². The Morgan fingerprint density at radius 3 is 1.24 bits per heavy atom. The summed E-state index contributed by atoms with van der Waals surface area (Å²) < 4.78 is 0. The first-order valence-corrected chi connectivity index (χ1v) is 39.5. The zero-order valence-electron chi connectivity index (χ0n) is 62.8. The predicted molar refractivity (Wildman–Crippen MR) is 397 cm³/mol. The number of aliphatic hydroxyl groups excluding tert-OH is 1. The average Bonchev–Trinajstić information content (AvgIpc) is 1.43. The molecular weight excluding hydrogens is 1280 g/mol. The van der Waals surface area contributed by atoms with Gasteiger partial charge in [-0.25, -0.2) is 0 Å². The molecule has 11 fully saturated rings. The number of hydrogen-bond donors (Lipinski definition) is 4. The maximum Gasteiger partial charge on any atom is 0.190 e. The summed E-state index contributed by atoms with van der Waals surface area (Å²) in [4.78, 5) is 109. The summed E-state index contributed by atoms with van der Waals surface area (Å²) in [5, 5.41) is 42.9. The van der Waals surface area contributed by atoms with Crippen LogP contribution in [0.25, 0.3) is 0 Å². The third-order valence-electron chi connectivity index (χ3n) is 35.0. The van der Waals surface area contributed by atoms with Crippen LogP contribution in [0.3, 0.4) is 0 Å². The molecule has 4 N–H and O–H groups in total. The number of rotatable bonds is 6. The van der Waals surface area contributed by atoms with Crippen LogP contribution in [0.15, 0.2) is 70.4 Å². The third-order valence-corrected chi connectivity index (χ3v) is 35.0. The van der Waals surface area contributed by atoms with Gasteiger partial charge in [0, 0.05) is 41.9 Å². The molecule has 11 saturated carbocycles. The molecule has 24 atom stereocenters. The monoisotopic (exact) mass is 1400 g/mol. The lowest BCUT2D eigenvalue weighted by atomic mass is 9.45. The molecule has 0 radical (unpaired) electrons. The first-order valence-electron chi connectivity index (χ1n) is 39.5. The van der Waals surface area contributed by atoms with Gasteiger partial charge in [-0.3, -0.25) is 38.4 Å². The van der Waals surface area contributed by atoms with Gasteiger partial charge in [0.25, 0.3) is 0 Å². The van der Waals surface area contributed by atoms with Crippen LogP contribution in [0.5, 0.6) is 0 Å². The molecule has 0 spiro atoms. The van der Waals surface area contributed by atoms with E-state index >= 15 is 0 Å². The van der Waals surface area contributed by atoms with Crippen LogP contribution in [0, 0.1) is 120 Å². The molecule has 0 bridgehead atoms. The minimum Gasteiger partial charge on any atom is -0.388 e. The first-order chi connectivity index (χ1) is 46.8. The van der Waals surface area contributed by atoms with E-state index in [4.69, 9.17) is 0 Å². The highest BCUT2D eigenvalue weighted by Crippen LogP contribution is 2.73. The minimum atomic E-state index is -1.36. The van der Waals surface area contributed by atoms with Crippen molar-refractivity contribution in [2.24, 2.45) is 120 Å². The van der Waals surface area contributed by atoms with Gasteiger partial charge < -0.3 is 25.2 Å². The Labute approximate surface area is 610 Å². The van der Waals surface area contributed by atoms with Gasteiger partial charge in [-0.1, -0.05) is 105 Å². The van der Waals surface area contributed by atoms with Gasteiger partial charge in [-0.05, 0) is 322 Å². The molecule has 16 rings (SSSR count). The number of aliphatic hydroxyl groups is 4. The summed E-state index contributed by atoms with van der Waals surface area (Å²) >= 11 is 0. The molecule has 12 unspecified atom stereocenters.